The first-order valence-electron chi connectivity index (χ1n) is 9.20. The summed E-state index contributed by atoms with van der Waals surface area (Å²) in [4.78, 5) is 12.5. The highest BCUT2D eigenvalue weighted by molar-refractivity contribution is 5.99. The van der Waals surface area contributed by atoms with Gasteiger partial charge in [0.15, 0.2) is 0 Å². The van der Waals surface area contributed by atoms with Crippen LogP contribution in [-0.2, 0) is 0 Å². The van der Waals surface area contributed by atoms with Crippen LogP contribution in [0.2, 0.25) is 0 Å². The Labute approximate surface area is 173 Å². The van der Waals surface area contributed by atoms with Crippen molar-refractivity contribution in [1.82, 2.24) is 10.6 Å². The number of fused-ring (bicyclic) bond motifs is 1. The van der Waals surface area contributed by atoms with Crippen LogP contribution in [0.25, 0.3) is 21.9 Å². The normalized spacial score (nSPS) is 18.9. The molecule has 1 aliphatic heterocycles. The van der Waals surface area contributed by atoms with Gasteiger partial charge in [-0.2, -0.15) is 0 Å². The average molecular weight is 419 g/mol. The molecule has 4 nitrogen and oxygen atoms in total. The van der Waals surface area contributed by atoms with E-state index >= 15 is 0 Å². The van der Waals surface area contributed by atoms with Gasteiger partial charge in [-0.3, -0.25) is 4.79 Å². The second-order valence-corrected chi connectivity index (χ2v) is 7.04. The number of aliphatic hydroxyl groups is 1. The van der Waals surface area contributed by atoms with Gasteiger partial charge in [0.1, 0.15) is 11.6 Å². The lowest BCUT2D eigenvalue weighted by molar-refractivity contribution is 0.0755. The molecule has 0 saturated carbocycles. The van der Waals surface area contributed by atoms with Crippen molar-refractivity contribution in [1.29, 1.82) is 0 Å². The summed E-state index contributed by atoms with van der Waals surface area (Å²) in [5.74, 6) is -1.48. The molecule has 3 aromatic carbocycles. The van der Waals surface area contributed by atoms with Gasteiger partial charge in [-0.05, 0) is 59.6 Å². The van der Waals surface area contributed by atoms with Crippen LogP contribution in [-0.4, -0.2) is 36.2 Å². The van der Waals surface area contributed by atoms with E-state index in [-0.39, 0.29) is 24.4 Å². The highest BCUT2D eigenvalue weighted by Gasteiger charge is 2.24. The summed E-state index contributed by atoms with van der Waals surface area (Å²) in [6.07, 6.45) is 0.0459. The summed E-state index contributed by atoms with van der Waals surface area (Å²) in [6.45, 7) is 1.27. The summed E-state index contributed by atoms with van der Waals surface area (Å²) < 4.78 is 27.2. The molecular formula is C22H21ClF2N2O2. The van der Waals surface area contributed by atoms with Gasteiger partial charge in [-0.25, -0.2) is 8.78 Å². The molecule has 1 fully saturated rings. The van der Waals surface area contributed by atoms with E-state index in [4.69, 9.17) is 0 Å². The van der Waals surface area contributed by atoms with Crippen molar-refractivity contribution in [2.75, 3.05) is 13.1 Å². The third-order valence-electron chi connectivity index (χ3n) is 5.11. The minimum Gasteiger partial charge on any atom is -0.391 e. The maximum Gasteiger partial charge on any atom is 0.251 e. The first-order valence-corrected chi connectivity index (χ1v) is 9.20. The van der Waals surface area contributed by atoms with E-state index in [1.807, 2.05) is 6.07 Å². The summed E-state index contributed by atoms with van der Waals surface area (Å²) in [5, 5.41) is 17.7. The maximum absolute atomic E-state index is 14.0. The number of nitrogens with one attached hydrogen (secondary N) is 2. The first-order chi connectivity index (χ1) is 13.5. The van der Waals surface area contributed by atoms with Crippen LogP contribution in [0, 0.1) is 11.6 Å². The number of hydrogen-bond acceptors (Lipinski definition) is 3. The fourth-order valence-electron chi connectivity index (χ4n) is 3.52. The van der Waals surface area contributed by atoms with Gasteiger partial charge < -0.3 is 15.7 Å². The third kappa shape index (κ3) is 4.56. The van der Waals surface area contributed by atoms with Crippen molar-refractivity contribution < 1.29 is 18.7 Å². The Morgan fingerprint density at radius 2 is 1.79 bits per heavy atom. The molecule has 0 aromatic heterocycles. The molecule has 1 saturated heterocycles. The van der Waals surface area contributed by atoms with Gasteiger partial charge in [0.05, 0.1) is 12.1 Å². The number of piperidine rings is 1. The molecule has 0 unspecified atom stereocenters. The molecular weight excluding hydrogens is 398 g/mol. The van der Waals surface area contributed by atoms with Crippen molar-refractivity contribution in [3.8, 4) is 11.1 Å². The molecule has 1 amide bonds. The Kier molecular flexibility index (Phi) is 6.47. The van der Waals surface area contributed by atoms with Crippen molar-refractivity contribution in [3.05, 3.63) is 71.8 Å². The van der Waals surface area contributed by atoms with Crippen molar-refractivity contribution in [3.63, 3.8) is 0 Å². The van der Waals surface area contributed by atoms with E-state index < -0.39 is 17.7 Å². The number of amides is 1. The van der Waals surface area contributed by atoms with E-state index in [2.05, 4.69) is 10.6 Å². The lowest BCUT2D eigenvalue weighted by Gasteiger charge is -2.29. The van der Waals surface area contributed by atoms with Gasteiger partial charge >= 0.3 is 0 Å². The van der Waals surface area contributed by atoms with E-state index in [1.165, 1.54) is 12.1 Å². The molecule has 29 heavy (non-hydrogen) atoms. The van der Waals surface area contributed by atoms with Crippen molar-refractivity contribution in [2.45, 2.75) is 18.6 Å². The zero-order valence-corrected chi connectivity index (χ0v) is 16.3. The van der Waals surface area contributed by atoms with Crippen molar-refractivity contribution in [2.24, 2.45) is 0 Å². The molecule has 3 N–H and O–H groups in total. The van der Waals surface area contributed by atoms with Gasteiger partial charge in [-0.1, -0.05) is 18.2 Å². The van der Waals surface area contributed by atoms with E-state index in [0.717, 1.165) is 23.4 Å². The number of aliphatic hydroxyl groups excluding tert-OH is 1. The molecule has 0 radical (unpaired) electrons. The molecule has 4 rings (SSSR count). The van der Waals surface area contributed by atoms with Crippen LogP contribution in [0.4, 0.5) is 8.78 Å². The van der Waals surface area contributed by atoms with Gasteiger partial charge in [0, 0.05) is 23.7 Å². The van der Waals surface area contributed by atoms with Crippen molar-refractivity contribution >= 4 is 29.1 Å². The summed E-state index contributed by atoms with van der Waals surface area (Å²) in [5.41, 5.74) is 1.45. The Balaban J connectivity index is 0.00000240. The lowest BCUT2D eigenvalue weighted by atomic mass is 9.99. The van der Waals surface area contributed by atoms with Crippen LogP contribution in [0.5, 0.6) is 0 Å². The summed E-state index contributed by atoms with van der Waals surface area (Å²) in [6, 6.07) is 13.8. The largest absolute Gasteiger partial charge is 0.391 e. The quantitative estimate of drug-likeness (QED) is 0.608. The van der Waals surface area contributed by atoms with Crippen LogP contribution < -0.4 is 10.6 Å². The van der Waals surface area contributed by atoms with Gasteiger partial charge in [0.25, 0.3) is 5.91 Å². The summed E-state index contributed by atoms with van der Waals surface area (Å²) >= 11 is 0. The third-order valence-corrected chi connectivity index (χ3v) is 5.11. The molecule has 1 aliphatic rings. The molecule has 0 aliphatic carbocycles. The molecule has 152 valence electrons. The van der Waals surface area contributed by atoms with E-state index in [9.17, 15) is 18.7 Å². The first kappa shape index (κ1) is 21.2. The lowest BCUT2D eigenvalue weighted by Crippen LogP contribution is -2.53. The van der Waals surface area contributed by atoms with Crippen LogP contribution >= 0.6 is 12.4 Å². The fraction of sp³-hybridized carbons (Fsp3) is 0.227. The zero-order chi connectivity index (χ0) is 19.7. The zero-order valence-electron chi connectivity index (χ0n) is 15.5. The topological polar surface area (TPSA) is 61.4 Å². The number of rotatable bonds is 3. The molecule has 0 spiro atoms. The number of halogens is 3. The number of hydrogen-bond donors (Lipinski definition) is 3. The molecule has 7 heteroatoms. The maximum atomic E-state index is 14.0. The second kappa shape index (κ2) is 8.86. The average Bonchev–Trinajstić information content (AvgIpc) is 2.69. The van der Waals surface area contributed by atoms with Crippen LogP contribution in [0.1, 0.15) is 16.8 Å². The Morgan fingerprint density at radius 1 is 1.03 bits per heavy atom. The number of carbonyl (C=O) groups excluding carboxylic acids is 1. The predicted octanol–water partition coefficient (Wildman–Crippen LogP) is 3.66. The SMILES string of the molecule is Cl.O=C(N[C@@H]1CNCC[C@H]1O)c1ccc2cc(-c3ccc(F)cc3F)ccc2c1. The molecule has 2 atom stereocenters. The Bertz CT molecular complexity index is 1040. The van der Waals surface area contributed by atoms with Gasteiger partial charge in [-0.15, -0.1) is 12.4 Å². The molecule has 0 bridgehead atoms. The minimum absolute atomic E-state index is 0. The Morgan fingerprint density at radius 3 is 2.55 bits per heavy atom. The molecule has 1 heterocycles. The number of benzene rings is 3. The second-order valence-electron chi connectivity index (χ2n) is 7.04. The minimum atomic E-state index is -0.616. The predicted molar refractivity (Wildman–Crippen MR) is 111 cm³/mol. The standard InChI is InChI=1S/C22H20F2N2O2.ClH/c23-17-5-6-18(19(24)11-17)15-3-1-14-10-16(4-2-13(14)9-15)22(28)26-20-12-25-8-7-21(20)27;/h1-6,9-11,20-21,25,27H,7-8,12H2,(H,26,28);1H/t20-,21-;/m1./s1. The summed E-state index contributed by atoms with van der Waals surface area (Å²) in [7, 11) is 0. The van der Waals surface area contributed by atoms with Crippen LogP contribution in [0.15, 0.2) is 54.6 Å². The van der Waals surface area contributed by atoms with E-state index in [0.29, 0.717) is 29.7 Å². The Hall–Kier alpha value is -2.54. The highest BCUT2D eigenvalue weighted by atomic mass is 35.5. The highest BCUT2D eigenvalue weighted by Crippen LogP contribution is 2.27. The fourth-order valence-corrected chi connectivity index (χ4v) is 3.52. The smallest absolute Gasteiger partial charge is 0.251 e. The monoisotopic (exact) mass is 418 g/mol. The van der Waals surface area contributed by atoms with Crippen LogP contribution in [0.3, 0.4) is 0 Å². The number of carbonyl (C=O) groups is 1. The van der Waals surface area contributed by atoms with Gasteiger partial charge in [0.2, 0.25) is 0 Å². The van der Waals surface area contributed by atoms with E-state index in [1.54, 1.807) is 30.3 Å². The molecule has 3 aromatic rings.